The van der Waals surface area contributed by atoms with E-state index >= 15 is 0 Å². The standard InChI is InChI=1S/C16H20N2O2/c1-12-10-16(20-17-12)11-18-8-6-14(7-9-18)13-2-4-15(19)5-3-13/h2-5,10,14,19H,6-9,11H2,1H3. The smallest absolute Gasteiger partial charge is 0.150 e. The molecule has 1 aromatic carbocycles. The molecule has 0 saturated carbocycles. The van der Waals surface area contributed by atoms with Crippen LogP contribution in [0.4, 0.5) is 0 Å². The number of nitrogens with zero attached hydrogens (tertiary/aromatic N) is 2. The van der Waals surface area contributed by atoms with Gasteiger partial charge in [-0.25, -0.2) is 0 Å². The molecule has 2 heterocycles. The average Bonchev–Trinajstić information content (AvgIpc) is 2.86. The van der Waals surface area contributed by atoms with Crippen molar-refractivity contribution >= 4 is 0 Å². The molecule has 1 fully saturated rings. The van der Waals surface area contributed by atoms with Gasteiger partial charge in [-0.2, -0.15) is 0 Å². The molecule has 1 aromatic heterocycles. The van der Waals surface area contributed by atoms with Gasteiger partial charge in [0.15, 0.2) is 5.76 Å². The van der Waals surface area contributed by atoms with Crippen molar-refractivity contribution in [3.63, 3.8) is 0 Å². The lowest BCUT2D eigenvalue weighted by Crippen LogP contribution is -2.32. The third-order valence-electron chi connectivity index (χ3n) is 4.01. The molecule has 0 unspecified atom stereocenters. The van der Waals surface area contributed by atoms with E-state index < -0.39 is 0 Å². The van der Waals surface area contributed by atoms with Gasteiger partial charge in [0.25, 0.3) is 0 Å². The van der Waals surface area contributed by atoms with Crippen LogP contribution in [-0.4, -0.2) is 28.3 Å². The number of aryl methyl sites for hydroxylation is 1. The SMILES string of the molecule is Cc1cc(CN2CCC(c3ccc(O)cc3)CC2)on1. The van der Waals surface area contributed by atoms with Crippen molar-refractivity contribution in [3.8, 4) is 5.75 Å². The Morgan fingerprint density at radius 3 is 2.55 bits per heavy atom. The van der Waals surface area contributed by atoms with Crippen LogP contribution in [0.5, 0.6) is 5.75 Å². The maximum absolute atomic E-state index is 9.34. The molecule has 0 atom stereocenters. The van der Waals surface area contributed by atoms with Gasteiger partial charge in [0.05, 0.1) is 12.2 Å². The van der Waals surface area contributed by atoms with E-state index in [4.69, 9.17) is 4.52 Å². The van der Waals surface area contributed by atoms with Gasteiger partial charge >= 0.3 is 0 Å². The monoisotopic (exact) mass is 272 g/mol. The topological polar surface area (TPSA) is 49.5 Å². The number of benzene rings is 1. The normalized spacial score (nSPS) is 17.4. The molecule has 1 aliphatic rings. The molecule has 0 spiro atoms. The van der Waals surface area contributed by atoms with Crippen molar-refractivity contribution in [3.05, 3.63) is 47.3 Å². The Kier molecular flexibility index (Phi) is 3.74. The van der Waals surface area contributed by atoms with Gasteiger partial charge < -0.3 is 9.63 Å². The predicted octanol–water partition coefficient (Wildman–Crippen LogP) is 3.07. The number of phenolic OH excluding ortho intramolecular Hbond substituents is 1. The Morgan fingerprint density at radius 2 is 1.95 bits per heavy atom. The first-order chi connectivity index (χ1) is 9.70. The highest BCUT2D eigenvalue weighted by atomic mass is 16.5. The number of hydrogen-bond donors (Lipinski definition) is 1. The molecule has 4 nitrogen and oxygen atoms in total. The van der Waals surface area contributed by atoms with E-state index in [9.17, 15) is 5.11 Å². The minimum absolute atomic E-state index is 0.340. The second-order valence-corrected chi connectivity index (χ2v) is 5.58. The first-order valence-electron chi connectivity index (χ1n) is 7.14. The Balaban J connectivity index is 1.55. The second kappa shape index (κ2) is 5.67. The first kappa shape index (κ1) is 13.2. The van der Waals surface area contributed by atoms with E-state index in [1.165, 1.54) is 5.56 Å². The van der Waals surface area contributed by atoms with Gasteiger partial charge in [-0.05, 0) is 56.5 Å². The van der Waals surface area contributed by atoms with Gasteiger partial charge in [0.1, 0.15) is 5.75 Å². The highest BCUT2D eigenvalue weighted by Crippen LogP contribution is 2.29. The van der Waals surface area contributed by atoms with E-state index in [-0.39, 0.29) is 0 Å². The fraction of sp³-hybridized carbons (Fsp3) is 0.438. The molecule has 1 N–H and O–H groups in total. The number of piperidine rings is 1. The summed E-state index contributed by atoms with van der Waals surface area (Å²) >= 11 is 0. The van der Waals surface area contributed by atoms with Crippen LogP contribution in [0.2, 0.25) is 0 Å². The summed E-state index contributed by atoms with van der Waals surface area (Å²) in [6.45, 7) is 4.95. The minimum Gasteiger partial charge on any atom is -0.508 e. The van der Waals surface area contributed by atoms with Crippen LogP contribution < -0.4 is 0 Å². The molecule has 2 aromatic rings. The molecular formula is C16H20N2O2. The molecule has 3 rings (SSSR count). The molecule has 4 heteroatoms. The summed E-state index contributed by atoms with van der Waals surface area (Å²) in [5, 5.41) is 13.3. The highest BCUT2D eigenvalue weighted by molar-refractivity contribution is 5.28. The minimum atomic E-state index is 0.340. The van der Waals surface area contributed by atoms with Crippen LogP contribution in [0, 0.1) is 6.92 Å². The lowest BCUT2D eigenvalue weighted by molar-refractivity contribution is 0.184. The van der Waals surface area contributed by atoms with Gasteiger partial charge in [0.2, 0.25) is 0 Å². The van der Waals surface area contributed by atoms with Crippen LogP contribution in [-0.2, 0) is 6.54 Å². The number of rotatable bonds is 3. The van der Waals surface area contributed by atoms with Gasteiger partial charge in [-0.3, -0.25) is 4.90 Å². The summed E-state index contributed by atoms with van der Waals surface area (Å²) in [6.07, 6.45) is 2.30. The lowest BCUT2D eigenvalue weighted by atomic mass is 9.89. The molecule has 0 bridgehead atoms. The number of hydrogen-bond acceptors (Lipinski definition) is 4. The zero-order valence-electron chi connectivity index (χ0n) is 11.7. The zero-order valence-corrected chi connectivity index (χ0v) is 11.7. The fourth-order valence-corrected chi connectivity index (χ4v) is 2.88. The summed E-state index contributed by atoms with van der Waals surface area (Å²) in [7, 11) is 0. The second-order valence-electron chi connectivity index (χ2n) is 5.58. The average molecular weight is 272 g/mol. The Morgan fingerprint density at radius 1 is 1.25 bits per heavy atom. The number of aromatic hydroxyl groups is 1. The molecule has 1 aliphatic heterocycles. The van der Waals surface area contributed by atoms with Crippen molar-refractivity contribution in [1.82, 2.24) is 10.1 Å². The maximum Gasteiger partial charge on any atom is 0.150 e. The van der Waals surface area contributed by atoms with Crippen LogP contribution in [0.25, 0.3) is 0 Å². The quantitative estimate of drug-likeness (QED) is 0.933. The van der Waals surface area contributed by atoms with Crippen molar-refractivity contribution < 1.29 is 9.63 Å². The van der Waals surface area contributed by atoms with Crippen molar-refractivity contribution in [2.24, 2.45) is 0 Å². The summed E-state index contributed by atoms with van der Waals surface area (Å²) < 4.78 is 5.27. The molecule has 0 aliphatic carbocycles. The van der Waals surface area contributed by atoms with E-state index in [2.05, 4.69) is 10.1 Å². The first-order valence-corrected chi connectivity index (χ1v) is 7.14. The summed E-state index contributed by atoms with van der Waals surface area (Å²) in [5.74, 6) is 1.89. The Hall–Kier alpha value is -1.81. The summed E-state index contributed by atoms with van der Waals surface area (Å²) in [5.41, 5.74) is 2.27. The highest BCUT2D eigenvalue weighted by Gasteiger charge is 2.21. The van der Waals surface area contributed by atoms with Crippen LogP contribution in [0.15, 0.2) is 34.9 Å². The molecule has 20 heavy (non-hydrogen) atoms. The van der Waals surface area contributed by atoms with E-state index in [1.54, 1.807) is 12.1 Å². The third kappa shape index (κ3) is 3.02. The van der Waals surface area contributed by atoms with E-state index in [0.29, 0.717) is 11.7 Å². The molecule has 0 radical (unpaired) electrons. The van der Waals surface area contributed by atoms with E-state index in [1.807, 2.05) is 25.1 Å². The van der Waals surface area contributed by atoms with Gasteiger partial charge in [0, 0.05) is 6.07 Å². The Labute approximate surface area is 119 Å². The van der Waals surface area contributed by atoms with Crippen LogP contribution in [0.1, 0.15) is 35.8 Å². The number of aromatic nitrogens is 1. The number of likely N-dealkylation sites (tertiary alicyclic amines) is 1. The van der Waals surface area contributed by atoms with Gasteiger partial charge in [-0.1, -0.05) is 17.3 Å². The summed E-state index contributed by atoms with van der Waals surface area (Å²) in [6, 6.07) is 9.63. The van der Waals surface area contributed by atoms with Crippen molar-refractivity contribution in [1.29, 1.82) is 0 Å². The molecular weight excluding hydrogens is 252 g/mol. The third-order valence-corrected chi connectivity index (χ3v) is 4.01. The fourth-order valence-electron chi connectivity index (χ4n) is 2.88. The Bertz CT molecular complexity index is 554. The van der Waals surface area contributed by atoms with Crippen LogP contribution >= 0.6 is 0 Å². The summed E-state index contributed by atoms with van der Waals surface area (Å²) in [4.78, 5) is 2.41. The van der Waals surface area contributed by atoms with Crippen molar-refractivity contribution in [2.75, 3.05) is 13.1 Å². The van der Waals surface area contributed by atoms with Crippen molar-refractivity contribution in [2.45, 2.75) is 32.2 Å². The predicted molar refractivity (Wildman–Crippen MR) is 76.6 cm³/mol. The van der Waals surface area contributed by atoms with Crippen LogP contribution in [0.3, 0.4) is 0 Å². The number of phenols is 1. The maximum atomic E-state index is 9.34. The van der Waals surface area contributed by atoms with E-state index in [0.717, 1.165) is 43.9 Å². The lowest BCUT2D eigenvalue weighted by Gasteiger charge is -2.31. The zero-order chi connectivity index (χ0) is 13.9. The van der Waals surface area contributed by atoms with Gasteiger partial charge in [-0.15, -0.1) is 0 Å². The largest absolute Gasteiger partial charge is 0.508 e. The molecule has 0 amide bonds. The molecule has 1 saturated heterocycles. The molecule has 106 valence electrons.